The van der Waals surface area contributed by atoms with Gasteiger partial charge in [-0.1, -0.05) is 0 Å². The van der Waals surface area contributed by atoms with E-state index in [-0.39, 0.29) is 25.0 Å². The van der Waals surface area contributed by atoms with Crippen LogP contribution in [0.3, 0.4) is 0 Å². The summed E-state index contributed by atoms with van der Waals surface area (Å²) in [6.45, 7) is 1.05. The molecular weight excluding hydrogens is 290 g/mol. The fourth-order valence-corrected chi connectivity index (χ4v) is 2.79. The highest BCUT2D eigenvalue weighted by molar-refractivity contribution is 5.77. The predicted molar refractivity (Wildman–Crippen MR) is 69.6 cm³/mol. The molecule has 2 rings (SSSR count). The van der Waals surface area contributed by atoms with Gasteiger partial charge in [0.25, 0.3) is 0 Å². The number of nitrogens with one attached hydrogen (secondary N) is 1. The van der Waals surface area contributed by atoms with Crippen molar-refractivity contribution >= 4 is 5.91 Å². The zero-order valence-corrected chi connectivity index (χ0v) is 11.8. The number of piperazine rings is 1. The number of alkyl halides is 4. The van der Waals surface area contributed by atoms with Gasteiger partial charge in [-0.05, 0) is 19.4 Å². The second-order valence-corrected chi connectivity index (χ2v) is 5.72. The van der Waals surface area contributed by atoms with Crippen molar-refractivity contribution < 1.29 is 22.4 Å². The number of halogens is 4. The highest BCUT2D eigenvalue weighted by Gasteiger charge is 2.42. The van der Waals surface area contributed by atoms with E-state index in [9.17, 15) is 22.4 Å². The van der Waals surface area contributed by atoms with Gasteiger partial charge in [0.2, 0.25) is 5.91 Å². The Morgan fingerprint density at radius 1 is 1.24 bits per heavy atom. The largest absolute Gasteiger partial charge is 0.340 e. The minimum Gasteiger partial charge on any atom is -0.340 e. The lowest BCUT2D eigenvalue weighted by Gasteiger charge is -2.36. The molecule has 2 fully saturated rings. The van der Waals surface area contributed by atoms with Crippen LogP contribution in [0, 0.1) is 0 Å². The van der Waals surface area contributed by atoms with Crippen LogP contribution < -0.4 is 5.32 Å². The van der Waals surface area contributed by atoms with Gasteiger partial charge in [-0.15, -0.1) is 0 Å². The van der Waals surface area contributed by atoms with E-state index in [4.69, 9.17) is 0 Å². The summed E-state index contributed by atoms with van der Waals surface area (Å²) in [6.07, 6.45) is -1.18. The molecule has 2 heterocycles. The molecule has 1 amide bonds. The molecule has 1 N–H and O–H groups in total. The number of nitrogens with zero attached hydrogens (tertiary/aromatic N) is 2. The van der Waals surface area contributed by atoms with Crippen LogP contribution in [0.1, 0.15) is 19.3 Å². The summed E-state index contributed by atoms with van der Waals surface area (Å²) in [7, 11) is 0. The van der Waals surface area contributed by atoms with E-state index >= 15 is 0 Å². The predicted octanol–water partition coefficient (Wildman–Crippen LogP) is 1.17. The average molecular weight is 311 g/mol. The van der Waals surface area contributed by atoms with Gasteiger partial charge in [0.05, 0.1) is 6.54 Å². The summed E-state index contributed by atoms with van der Waals surface area (Å²) in [5.74, 6) is -3.98. The van der Waals surface area contributed by atoms with Crippen LogP contribution in [0.5, 0.6) is 0 Å². The SMILES string of the molecule is O=C(CC1CCCN1)N1CCN(CC(F)(F)C(F)F)CC1. The fourth-order valence-electron chi connectivity index (χ4n) is 2.79. The summed E-state index contributed by atoms with van der Waals surface area (Å²) in [6, 6.07) is 0.207. The number of hydrogen-bond donors (Lipinski definition) is 1. The number of rotatable bonds is 5. The van der Waals surface area contributed by atoms with Crippen LogP contribution in [0.4, 0.5) is 17.6 Å². The smallest absolute Gasteiger partial charge is 0.319 e. The van der Waals surface area contributed by atoms with Gasteiger partial charge in [0.1, 0.15) is 0 Å². The van der Waals surface area contributed by atoms with Crippen LogP contribution in [0.25, 0.3) is 0 Å². The molecule has 2 aliphatic heterocycles. The number of hydrogen-bond acceptors (Lipinski definition) is 3. The third-order valence-electron chi connectivity index (χ3n) is 4.06. The molecule has 8 heteroatoms. The molecule has 1 unspecified atom stereocenters. The average Bonchev–Trinajstić information content (AvgIpc) is 2.91. The molecule has 0 aliphatic carbocycles. The first-order valence-corrected chi connectivity index (χ1v) is 7.28. The Hall–Kier alpha value is -0.890. The Morgan fingerprint density at radius 3 is 2.43 bits per heavy atom. The molecule has 4 nitrogen and oxygen atoms in total. The zero-order chi connectivity index (χ0) is 15.5. The van der Waals surface area contributed by atoms with E-state index in [1.54, 1.807) is 4.90 Å². The first-order chi connectivity index (χ1) is 9.88. The van der Waals surface area contributed by atoms with Crippen LogP contribution in [0.15, 0.2) is 0 Å². The van der Waals surface area contributed by atoms with E-state index in [0.29, 0.717) is 19.5 Å². The molecule has 21 heavy (non-hydrogen) atoms. The van der Waals surface area contributed by atoms with Gasteiger partial charge in [-0.25, -0.2) is 8.78 Å². The van der Waals surface area contributed by atoms with Crippen molar-refractivity contribution in [2.75, 3.05) is 39.3 Å². The molecule has 0 aromatic carbocycles. The Kier molecular flexibility index (Phi) is 5.43. The van der Waals surface area contributed by atoms with E-state index < -0.39 is 18.9 Å². The van der Waals surface area contributed by atoms with Crippen molar-refractivity contribution in [2.45, 2.75) is 37.7 Å². The van der Waals surface area contributed by atoms with Crippen molar-refractivity contribution in [3.05, 3.63) is 0 Å². The quantitative estimate of drug-likeness (QED) is 0.774. The molecule has 0 saturated carbocycles. The Bertz CT molecular complexity index is 353. The van der Waals surface area contributed by atoms with E-state index in [2.05, 4.69) is 5.32 Å². The summed E-state index contributed by atoms with van der Waals surface area (Å²) >= 11 is 0. The molecule has 0 radical (unpaired) electrons. The first kappa shape index (κ1) is 16.5. The van der Waals surface area contributed by atoms with Crippen molar-refractivity contribution in [1.29, 1.82) is 0 Å². The van der Waals surface area contributed by atoms with Crippen LogP contribution >= 0.6 is 0 Å². The van der Waals surface area contributed by atoms with Crippen LogP contribution in [-0.2, 0) is 4.79 Å². The monoisotopic (exact) mass is 311 g/mol. The Morgan fingerprint density at radius 2 is 1.90 bits per heavy atom. The minimum atomic E-state index is -3.99. The Labute approximate surface area is 121 Å². The van der Waals surface area contributed by atoms with Gasteiger partial charge in [0, 0.05) is 38.6 Å². The third-order valence-corrected chi connectivity index (χ3v) is 4.06. The summed E-state index contributed by atoms with van der Waals surface area (Å²) in [5.41, 5.74) is 0. The molecular formula is C13H21F4N3O. The number of amides is 1. The fraction of sp³-hybridized carbons (Fsp3) is 0.923. The van der Waals surface area contributed by atoms with Crippen molar-refractivity contribution in [3.8, 4) is 0 Å². The standard InChI is InChI=1S/C13H21F4N3O/c14-12(15)13(16,17)9-19-4-6-20(7-5-19)11(21)8-10-2-1-3-18-10/h10,12,18H,1-9H2. The van der Waals surface area contributed by atoms with Gasteiger partial charge in [0.15, 0.2) is 0 Å². The maximum absolute atomic E-state index is 13.0. The maximum atomic E-state index is 13.0. The summed E-state index contributed by atoms with van der Waals surface area (Å²) in [5, 5.41) is 3.24. The number of carbonyl (C=O) groups excluding carboxylic acids is 1. The van der Waals surface area contributed by atoms with Crippen molar-refractivity contribution in [3.63, 3.8) is 0 Å². The topological polar surface area (TPSA) is 35.6 Å². The van der Waals surface area contributed by atoms with Gasteiger partial charge < -0.3 is 10.2 Å². The molecule has 0 spiro atoms. The van der Waals surface area contributed by atoms with Gasteiger partial charge >= 0.3 is 12.3 Å². The lowest BCUT2D eigenvalue weighted by atomic mass is 10.1. The Balaban J connectivity index is 1.73. The van der Waals surface area contributed by atoms with Crippen LogP contribution in [-0.4, -0.2) is 73.4 Å². The molecule has 0 bridgehead atoms. The van der Waals surface area contributed by atoms with Crippen LogP contribution in [0.2, 0.25) is 0 Å². The summed E-state index contributed by atoms with van der Waals surface area (Å²) < 4.78 is 50.3. The first-order valence-electron chi connectivity index (χ1n) is 7.28. The van der Waals surface area contributed by atoms with E-state index in [1.807, 2.05) is 0 Å². The highest BCUT2D eigenvalue weighted by atomic mass is 19.3. The zero-order valence-electron chi connectivity index (χ0n) is 11.8. The van der Waals surface area contributed by atoms with E-state index in [1.165, 1.54) is 4.90 Å². The second kappa shape index (κ2) is 6.91. The third kappa shape index (κ3) is 4.54. The molecule has 0 aromatic heterocycles. The summed E-state index contributed by atoms with van der Waals surface area (Å²) in [4.78, 5) is 15.0. The molecule has 1 atom stereocenters. The highest BCUT2D eigenvalue weighted by Crippen LogP contribution is 2.24. The van der Waals surface area contributed by atoms with Gasteiger partial charge in [-0.2, -0.15) is 8.78 Å². The van der Waals surface area contributed by atoms with Gasteiger partial charge in [-0.3, -0.25) is 9.69 Å². The molecule has 2 aliphatic rings. The normalized spacial score (nSPS) is 24.8. The molecule has 0 aromatic rings. The molecule has 2 saturated heterocycles. The van der Waals surface area contributed by atoms with E-state index in [0.717, 1.165) is 19.4 Å². The maximum Gasteiger partial charge on any atom is 0.319 e. The van der Waals surface area contributed by atoms with Crippen molar-refractivity contribution in [1.82, 2.24) is 15.1 Å². The van der Waals surface area contributed by atoms with Crippen molar-refractivity contribution in [2.24, 2.45) is 0 Å². The molecule has 122 valence electrons. The minimum absolute atomic E-state index is 0.00895. The second-order valence-electron chi connectivity index (χ2n) is 5.72. The number of carbonyl (C=O) groups is 1. The lowest BCUT2D eigenvalue weighted by molar-refractivity contribution is -0.148. The lowest BCUT2D eigenvalue weighted by Crippen LogP contribution is -2.53.